The number of carbonyl (C=O) groups excluding carboxylic acids is 1. The monoisotopic (exact) mass is 262 g/mol. The van der Waals surface area contributed by atoms with Crippen LogP contribution in [-0.4, -0.2) is 13.0 Å². The highest BCUT2D eigenvalue weighted by atomic mass is 32.1. The lowest BCUT2D eigenvalue weighted by Crippen LogP contribution is -2.27. The molecule has 1 amide bonds. The smallest absolute Gasteiger partial charge is 0.244 e. The molecular weight excluding hydrogens is 248 g/mol. The van der Waals surface area contributed by atoms with E-state index in [1.54, 1.807) is 7.11 Å². The molecule has 1 aromatic heterocycles. The first-order valence-corrected chi connectivity index (χ1v) is 6.37. The zero-order chi connectivity index (χ0) is 13.0. The van der Waals surface area contributed by atoms with Crippen LogP contribution in [0.15, 0.2) is 41.1 Å². The van der Waals surface area contributed by atoms with Crippen molar-refractivity contribution in [2.75, 3.05) is 12.4 Å². The van der Waals surface area contributed by atoms with Gasteiger partial charge in [0, 0.05) is 11.8 Å². The lowest BCUT2D eigenvalue weighted by Gasteiger charge is -2.16. The lowest BCUT2D eigenvalue weighted by molar-refractivity contribution is -0.118. The van der Waals surface area contributed by atoms with Gasteiger partial charge in [-0.1, -0.05) is 6.07 Å². The number of thiophene rings is 1. The zero-order valence-corrected chi connectivity index (χ0v) is 10.7. The standard InChI is InChI=1S/C13H14N2O2S/c1-17-11-4-2-3-10(7-11)15-12(13(14)16)9-5-6-18-8-9/h2-8,12,15H,1H3,(H2,14,16). The van der Waals surface area contributed by atoms with E-state index < -0.39 is 11.9 Å². The van der Waals surface area contributed by atoms with Crippen LogP contribution in [0.5, 0.6) is 5.75 Å². The van der Waals surface area contributed by atoms with Crippen molar-refractivity contribution in [1.29, 1.82) is 0 Å². The number of ether oxygens (including phenoxy) is 1. The number of hydrogen-bond acceptors (Lipinski definition) is 4. The van der Waals surface area contributed by atoms with Crippen LogP contribution in [0, 0.1) is 0 Å². The minimum Gasteiger partial charge on any atom is -0.497 e. The average molecular weight is 262 g/mol. The number of nitrogens with two attached hydrogens (primary N) is 1. The first-order chi connectivity index (χ1) is 8.70. The van der Waals surface area contributed by atoms with Gasteiger partial charge in [-0.3, -0.25) is 4.79 Å². The van der Waals surface area contributed by atoms with Crippen molar-refractivity contribution in [1.82, 2.24) is 0 Å². The fraction of sp³-hybridized carbons (Fsp3) is 0.154. The molecule has 0 radical (unpaired) electrons. The summed E-state index contributed by atoms with van der Waals surface area (Å²) in [4.78, 5) is 11.5. The van der Waals surface area contributed by atoms with E-state index in [1.165, 1.54) is 11.3 Å². The van der Waals surface area contributed by atoms with Crippen LogP contribution in [0.25, 0.3) is 0 Å². The van der Waals surface area contributed by atoms with Gasteiger partial charge in [-0.2, -0.15) is 11.3 Å². The number of carbonyl (C=O) groups is 1. The SMILES string of the molecule is COc1cccc(NC(C(N)=O)c2ccsc2)c1. The number of hydrogen-bond donors (Lipinski definition) is 2. The molecule has 2 aromatic rings. The molecule has 94 valence electrons. The van der Waals surface area contributed by atoms with E-state index in [0.29, 0.717) is 0 Å². The molecule has 1 atom stereocenters. The topological polar surface area (TPSA) is 64.3 Å². The summed E-state index contributed by atoms with van der Waals surface area (Å²) in [5.74, 6) is 0.324. The van der Waals surface area contributed by atoms with Crippen molar-refractivity contribution in [2.24, 2.45) is 5.73 Å². The van der Waals surface area contributed by atoms with Crippen molar-refractivity contribution in [3.63, 3.8) is 0 Å². The van der Waals surface area contributed by atoms with Crippen molar-refractivity contribution < 1.29 is 9.53 Å². The van der Waals surface area contributed by atoms with Crippen molar-refractivity contribution >= 4 is 22.9 Å². The molecule has 0 saturated carbocycles. The fourth-order valence-corrected chi connectivity index (χ4v) is 2.32. The normalized spacial score (nSPS) is 11.8. The van der Waals surface area contributed by atoms with Gasteiger partial charge in [0.1, 0.15) is 11.8 Å². The minimum absolute atomic E-state index is 0.406. The first-order valence-electron chi connectivity index (χ1n) is 5.42. The molecule has 0 spiro atoms. The summed E-state index contributed by atoms with van der Waals surface area (Å²) >= 11 is 1.53. The summed E-state index contributed by atoms with van der Waals surface area (Å²) in [7, 11) is 1.60. The number of benzene rings is 1. The van der Waals surface area contributed by atoms with Crippen LogP contribution >= 0.6 is 11.3 Å². The molecule has 0 aliphatic carbocycles. The number of primary amides is 1. The quantitative estimate of drug-likeness (QED) is 0.869. The van der Waals surface area contributed by atoms with Gasteiger partial charge in [0.25, 0.3) is 0 Å². The third-order valence-corrected chi connectivity index (χ3v) is 3.24. The van der Waals surface area contributed by atoms with Gasteiger partial charge in [0.15, 0.2) is 0 Å². The second kappa shape index (κ2) is 5.55. The van der Waals surface area contributed by atoms with Gasteiger partial charge < -0.3 is 15.8 Å². The summed E-state index contributed by atoms with van der Waals surface area (Å²) in [5.41, 5.74) is 7.08. The summed E-state index contributed by atoms with van der Waals surface area (Å²) in [5, 5.41) is 6.93. The largest absolute Gasteiger partial charge is 0.497 e. The molecule has 2 rings (SSSR count). The van der Waals surface area contributed by atoms with E-state index in [2.05, 4.69) is 5.32 Å². The Morgan fingerprint density at radius 1 is 1.44 bits per heavy atom. The van der Waals surface area contributed by atoms with Gasteiger partial charge >= 0.3 is 0 Å². The van der Waals surface area contributed by atoms with Crippen molar-refractivity contribution in [2.45, 2.75) is 6.04 Å². The zero-order valence-electron chi connectivity index (χ0n) is 9.92. The van der Waals surface area contributed by atoms with Crippen LogP contribution in [-0.2, 0) is 4.79 Å². The highest BCUT2D eigenvalue weighted by Crippen LogP contribution is 2.24. The molecule has 1 aromatic carbocycles. The van der Waals surface area contributed by atoms with Gasteiger partial charge in [-0.25, -0.2) is 0 Å². The van der Waals surface area contributed by atoms with E-state index in [1.807, 2.05) is 41.1 Å². The van der Waals surface area contributed by atoms with Crippen LogP contribution < -0.4 is 15.8 Å². The molecule has 5 heteroatoms. The van der Waals surface area contributed by atoms with Gasteiger partial charge in [0.2, 0.25) is 5.91 Å². The Hall–Kier alpha value is -2.01. The van der Waals surface area contributed by atoms with Gasteiger partial charge in [0.05, 0.1) is 7.11 Å². The van der Waals surface area contributed by atoms with E-state index in [4.69, 9.17) is 10.5 Å². The predicted octanol–water partition coefficient (Wildman–Crippen LogP) is 2.40. The Balaban J connectivity index is 2.21. The highest BCUT2D eigenvalue weighted by Gasteiger charge is 2.17. The molecule has 1 unspecified atom stereocenters. The second-order valence-corrected chi connectivity index (χ2v) is 4.55. The molecule has 0 fully saturated rings. The van der Waals surface area contributed by atoms with Crippen molar-refractivity contribution in [3.05, 3.63) is 46.7 Å². The van der Waals surface area contributed by atoms with Crippen LogP contribution in [0.3, 0.4) is 0 Å². The molecule has 18 heavy (non-hydrogen) atoms. The Kier molecular flexibility index (Phi) is 3.84. The minimum atomic E-state index is -0.525. The Labute approximate surface area is 109 Å². The van der Waals surface area contributed by atoms with Crippen molar-refractivity contribution in [3.8, 4) is 5.75 Å². The third-order valence-electron chi connectivity index (χ3n) is 2.54. The number of methoxy groups -OCH3 is 1. The maximum absolute atomic E-state index is 11.5. The molecule has 0 bridgehead atoms. The first kappa shape index (κ1) is 12.4. The van der Waals surface area contributed by atoms with Gasteiger partial charge in [-0.05, 0) is 34.5 Å². The Morgan fingerprint density at radius 2 is 2.28 bits per heavy atom. The number of amides is 1. The lowest BCUT2D eigenvalue weighted by atomic mass is 10.1. The van der Waals surface area contributed by atoms with Crippen LogP contribution in [0.1, 0.15) is 11.6 Å². The van der Waals surface area contributed by atoms with Gasteiger partial charge in [-0.15, -0.1) is 0 Å². The van der Waals surface area contributed by atoms with E-state index in [0.717, 1.165) is 17.0 Å². The molecule has 4 nitrogen and oxygen atoms in total. The highest BCUT2D eigenvalue weighted by molar-refractivity contribution is 7.08. The molecule has 0 aliphatic rings. The predicted molar refractivity (Wildman–Crippen MR) is 72.9 cm³/mol. The fourth-order valence-electron chi connectivity index (χ4n) is 1.64. The summed E-state index contributed by atoms with van der Waals surface area (Å²) in [6.45, 7) is 0. The maximum atomic E-state index is 11.5. The molecular formula is C13H14N2O2S. The summed E-state index contributed by atoms with van der Waals surface area (Å²) in [6.07, 6.45) is 0. The molecule has 3 N–H and O–H groups in total. The van der Waals surface area contributed by atoms with E-state index in [9.17, 15) is 4.79 Å². The number of nitrogens with one attached hydrogen (secondary N) is 1. The molecule has 0 saturated heterocycles. The number of anilines is 1. The summed E-state index contributed by atoms with van der Waals surface area (Å²) in [6, 6.07) is 8.74. The molecule has 1 heterocycles. The Morgan fingerprint density at radius 3 is 2.89 bits per heavy atom. The van der Waals surface area contributed by atoms with Crippen LogP contribution in [0.2, 0.25) is 0 Å². The molecule has 0 aliphatic heterocycles. The second-order valence-electron chi connectivity index (χ2n) is 3.77. The summed E-state index contributed by atoms with van der Waals surface area (Å²) < 4.78 is 5.13. The van der Waals surface area contributed by atoms with Crippen LogP contribution in [0.4, 0.5) is 5.69 Å². The number of rotatable bonds is 5. The van der Waals surface area contributed by atoms with E-state index in [-0.39, 0.29) is 0 Å². The average Bonchev–Trinajstić information content (AvgIpc) is 2.89. The maximum Gasteiger partial charge on any atom is 0.244 e. The third kappa shape index (κ3) is 2.81. The Bertz CT molecular complexity index is 526. The van der Waals surface area contributed by atoms with E-state index >= 15 is 0 Å².